The standard InChI is InChI=1S/C15H25N3O3S.HI/c1-15(2,21-4)11-18-14(16-3)17-10-12-6-8-13(9-7-12)22(5,19)20;/h6-9H,10-11H2,1-5H3,(H2,16,17,18);1H. The first kappa shape index (κ1) is 22.1. The van der Waals surface area contributed by atoms with E-state index in [1.54, 1.807) is 38.4 Å². The molecule has 6 nitrogen and oxygen atoms in total. The van der Waals surface area contributed by atoms with Gasteiger partial charge in [-0.2, -0.15) is 0 Å². The second-order valence-electron chi connectivity index (χ2n) is 5.66. The number of hydrogen-bond acceptors (Lipinski definition) is 4. The topological polar surface area (TPSA) is 79.8 Å². The van der Waals surface area contributed by atoms with Gasteiger partial charge in [0.05, 0.1) is 10.5 Å². The molecule has 0 heterocycles. The van der Waals surface area contributed by atoms with Gasteiger partial charge in [-0.1, -0.05) is 12.1 Å². The first-order chi connectivity index (χ1) is 10.2. The van der Waals surface area contributed by atoms with Gasteiger partial charge >= 0.3 is 0 Å². The first-order valence-electron chi connectivity index (χ1n) is 6.96. The van der Waals surface area contributed by atoms with E-state index in [2.05, 4.69) is 15.6 Å². The zero-order valence-electron chi connectivity index (χ0n) is 14.2. The zero-order chi connectivity index (χ0) is 16.8. The van der Waals surface area contributed by atoms with Gasteiger partial charge in [-0.3, -0.25) is 4.99 Å². The molecule has 1 aromatic carbocycles. The Hall–Kier alpha value is -0.870. The van der Waals surface area contributed by atoms with E-state index in [1.165, 1.54) is 6.26 Å². The van der Waals surface area contributed by atoms with Crippen molar-refractivity contribution in [2.24, 2.45) is 4.99 Å². The predicted octanol–water partition coefficient (Wildman–Crippen LogP) is 1.80. The highest BCUT2D eigenvalue weighted by molar-refractivity contribution is 14.0. The summed E-state index contributed by atoms with van der Waals surface area (Å²) in [6.45, 7) is 5.14. The summed E-state index contributed by atoms with van der Waals surface area (Å²) in [6, 6.07) is 6.79. The molecule has 132 valence electrons. The van der Waals surface area contributed by atoms with E-state index in [-0.39, 0.29) is 29.6 Å². The SMILES string of the molecule is CN=C(NCc1ccc(S(C)(=O)=O)cc1)NCC(C)(C)OC.I. The molecule has 8 heteroatoms. The number of ether oxygens (including phenoxy) is 1. The fourth-order valence-corrected chi connectivity index (χ4v) is 2.26. The van der Waals surface area contributed by atoms with E-state index < -0.39 is 9.84 Å². The molecule has 0 saturated carbocycles. The lowest BCUT2D eigenvalue weighted by Gasteiger charge is -2.24. The fraction of sp³-hybridized carbons (Fsp3) is 0.533. The van der Waals surface area contributed by atoms with Crippen LogP contribution in [-0.4, -0.2) is 46.9 Å². The molecule has 2 N–H and O–H groups in total. The van der Waals surface area contributed by atoms with E-state index in [4.69, 9.17) is 4.74 Å². The van der Waals surface area contributed by atoms with Gasteiger partial charge in [-0.15, -0.1) is 24.0 Å². The number of hydrogen-bond donors (Lipinski definition) is 2. The van der Waals surface area contributed by atoms with Crippen LogP contribution in [0.4, 0.5) is 0 Å². The summed E-state index contributed by atoms with van der Waals surface area (Å²) in [4.78, 5) is 4.46. The van der Waals surface area contributed by atoms with Crippen LogP contribution in [0.25, 0.3) is 0 Å². The molecule has 0 aliphatic rings. The van der Waals surface area contributed by atoms with Crippen LogP contribution in [0, 0.1) is 0 Å². The molecule has 1 aromatic rings. The molecule has 0 spiro atoms. The molecule has 0 fully saturated rings. The highest BCUT2D eigenvalue weighted by Gasteiger charge is 2.16. The van der Waals surface area contributed by atoms with Gasteiger partial charge in [0.15, 0.2) is 15.8 Å². The largest absolute Gasteiger partial charge is 0.377 e. The number of methoxy groups -OCH3 is 1. The lowest BCUT2D eigenvalue weighted by Crippen LogP contribution is -2.45. The summed E-state index contributed by atoms with van der Waals surface area (Å²) in [6.07, 6.45) is 1.20. The monoisotopic (exact) mass is 455 g/mol. The number of nitrogens with one attached hydrogen (secondary N) is 2. The molecule has 0 aromatic heterocycles. The molecule has 0 amide bonds. The normalized spacial score (nSPS) is 12.5. The van der Waals surface area contributed by atoms with Crippen LogP contribution in [0.1, 0.15) is 19.4 Å². The molecule has 0 saturated heterocycles. The van der Waals surface area contributed by atoms with Crippen molar-refractivity contribution >= 4 is 39.8 Å². The number of sulfone groups is 1. The number of benzene rings is 1. The molecule has 0 aliphatic carbocycles. The molecular formula is C15H26IN3O3S. The number of guanidine groups is 1. The third-order valence-electron chi connectivity index (χ3n) is 3.27. The highest BCUT2D eigenvalue weighted by atomic mass is 127. The van der Waals surface area contributed by atoms with Crippen molar-refractivity contribution < 1.29 is 13.2 Å². The lowest BCUT2D eigenvalue weighted by molar-refractivity contribution is 0.0268. The van der Waals surface area contributed by atoms with E-state index in [9.17, 15) is 8.42 Å². The van der Waals surface area contributed by atoms with Crippen LogP contribution < -0.4 is 10.6 Å². The smallest absolute Gasteiger partial charge is 0.191 e. The number of rotatable bonds is 6. The summed E-state index contributed by atoms with van der Waals surface area (Å²) in [7, 11) is 0.210. The summed E-state index contributed by atoms with van der Waals surface area (Å²) < 4.78 is 28.2. The van der Waals surface area contributed by atoms with E-state index in [0.717, 1.165) is 5.56 Å². The summed E-state index contributed by atoms with van der Waals surface area (Å²) in [5.41, 5.74) is 0.690. The summed E-state index contributed by atoms with van der Waals surface area (Å²) in [5.74, 6) is 0.664. The number of nitrogens with zero attached hydrogens (tertiary/aromatic N) is 1. The van der Waals surface area contributed by atoms with E-state index >= 15 is 0 Å². The van der Waals surface area contributed by atoms with Crippen LogP contribution in [-0.2, 0) is 21.1 Å². The Morgan fingerprint density at radius 3 is 2.22 bits per heavy atom. The minimum atomic E-state index is -3.15. The van der Waals surface area contributed by atoms with Crippen LogP contribution in [0.15, 0.2) is 34.2 Å². The summed E-state index contributed by atoms with van der Waals surface area (Å²) in [5, 5.41) is 6.36. The Morgan fingerprint density at radius 2 is 1.78 bits per heavy atom. The van der Waals surface area contributed by atoms with Gasteiger partial charge in [0, 0.05) is 33.5 Å². The van der Waals surface area contributed by atoms with Crippen molar-refractivity contribution in [3.05, 3.63) is 29.8 Å². The average molecular weight is 455 g/mol. The molecule has 0 radical (unpaired) electrons. The molecule has 1 rings (SSSR count). The van der Waals surface area contributed by atoms with Gasteiger partial charge < -0.3 is 15.4 Å². The maximum Gasteiger partial charge on any atom is 0.191 e. The lowest BCUT2D eigenvalue weighted by atomic mass is 10.1. The van der Waals surface area contributed by atoms with Gasteiger partial charge in [-0.25, -0.2) is 8.42 Å². The Bertz CT molecular complexity index is 613. The van der Waals surface area contributed by atoms with Gasteiger partial charge in [0.2, 0.25) is 0 Å². The highest BCUT2D eigenvalue weighted by Crippen LogP contribution is 2.10. The van der Waals surface area contributed by atoms with E-state index in [1.807, 2.05) is 13.8 Å². The summed E-state index contributed by atoms with van der Waals surface area (Å²) >= 11 is 0. The van der Waals surface area contributed by atoms with Gasteiger partial charge in [-0.05, 0) is 31.5 Å². The Labute approximate surface area is 156 Å². The van der Waals surface area contributed by atoms with Crippen LogP contribution in [0.5, 0.6) is 0 Å². The third kappa shape index (κ3) is 7.98. The molecule has 0 unspecified atom stereocenters. The van der Waals surface area contributed by atoms with Crippen LogP contribution in [0.2, 0.25) is 0 Å². The Kier molecular flexibility index (Phi) is 9.07. The van der Waals surface area contributed by atoms with E-state index in [0.29, 0.717) is 23.9 Å². The molecule has 23 heavy (non-hydrogen) atoms. The van der Waals surface area contributed by atoms with Crippen molar-refractivity contribution in [2.75, 3.05) is 27.0 Å². The maximum atomic E-state index is 11.4. The predicted molar refractivity (Wildman–Crippen MR) is 104 cm³/mol. The number of aliphatic imine (C=N–C) groups is 1. The molecular weight excluding hydrogens is 429 g/mol. The van der Waals surface area contributed by atoms with Crippen molar-refractivity contribution in [1.29, 1.82) is 0 Å². The zero-order valence-corrected chi connectivity index (χ0v) is 17.4. The Morgan fingerprint density at radius 1 is 1.22 bits per heavy atom. The minimum absolute atomic E-state index is 0. The minimum Gasteiger partial charge on any atom is -0.377 e. The van der Waals surface area contributed by atoms with Crippen LogP contribution >= 0.6 is 24.0 Å². The average Bonchev–Trinajstić information content (AvgIpc) is 2.47. The quantitative estimate of drug-likeness (QED) is 0.389. The number of halogens is 1. The van der Waals surface area contributed by atoms with Crippen molar-refractivity contribution in [2.45, 2.75) is 30.9 Å². The van der Waals surface area contributed by atoms with Crippen molar-refractivity contribution in [1.82, 2.24) is 10.6 Å². The first-order valence-corrected chi connectivity index (χ1v) is 8.86. The second kappa shape index (κ2) is 9.43. The third-order valence-corrected chi connectivity index (χ3v) is 4.40. The van der Waals surface area contributed by atoms with Gasteiger partial charge in [0.25, 0.3) is 0 Å². The Balaban J connectivity index is 0.00000484. The second-order valence-corrected chi connectivity index (χ2v) is 7.67. The van der Waals surface area contributed by atoms with Crippen LogP contribution in [0.3, 0.4) is 0 Å². The van der Waals surface area contributed by atoms with Crippen molar-refractivity contribution in [3.63, 3.8) is 0 Å². The van der Waals surface area contributed by atoms with Gasteiger partial charge in [0.1, 0.15) is 0 Å². The maximum absolute atomic E-state index is 11.4. The molecule has 0 atom stereocenters. The molecule has 0 bridgehead atoms. The molecule has 0 aliphatic heterocycles. The van der Waals surface area contributed by atoms with Crippen molar-refractivity contribution in [3.8, 4) is 0 Å². The fourth-order valence-electron chi connectivity index (χ4n) is 1.63.